The summed E-state index contributed by atoms with van der Waals surface area (Å²) in [6.07, 6.45) is 3.18. The summed E-state index contributed by atoms with van der Waals surface area (Å²) in [5.41, 5.74) is -1.28. The molecule has 2 aliphatic rings. The maximum absolute atomic E-state index is 12.1. The number of carbonyl (C=O) groups is 1. The number of thiazole rings is 1. The highest BCUT2D eigenvalue weighted by Gasteiger charge is 2.53. The second-order valence-electron chi connectivity index (χ2n) is 7.37. The van der Waals surface area contributed by atoms with E-state index in [2.05, 4.69) is 15.2 Å². The summed E-state index contributed by atoms with van der Waals surface area (Å²) in [4.78, 5) is 18.8. The van der Waals surface area contributed by atoms with Gasteiger partial charge in [-0.25, -0.2) is 4.98 Å². The van der Waals surface area contributed by atoms with Crippen molar-refractivity contribution >= 4 is 17.2 Å². The number of nitrogens with one attached hydrogen (secondary N) is 1. The number of amides is 1. The fraction of sp³-hybridized carbons (Fsp3) is 0.778. The normalized spacial score (nSPS) is 29.0. The Labute approximate surface area is 158 Å². The summed E-state index contributed by atoms with van der Waals surface area (Å²) in [7, 11) is 0. The fourth-order valence-electron chi connectivity index (χ4n) is 3.97. The molecule has 146 valence electrons. The standard InChI is InChI=1S/C18H29N3O4S/c1-3-24-13-14(22)20-17(2)6-10-25-18(16(17)23)4-8-21(9-5-18)12-15-19-7-11-26-15/h7,11,16,23H,3-6,8-10,12-13H2,1-2H3,(H,20,22)/t16-,17+/m0/s1. The van der Waals surface area contributed by atoms with E-state index >= 15 is 0 Å². The lowest BCUT2D eigenvalue weighted by Gasteiger charge is -2.53. The van der Waals surface area contributed by atoms with Gasteiger partial charge in [-0.15, -0.1) is 11.3 Å². The van der Waals surface area contributed by atoms with Crippen molar-refractivity contribution in [3.05, 3.63) is 16.6 Å². The Morgan fingerprint density at radius 1 is 1.50 bits per heavy atom. The summed E-state index contributed by atoms with van der Waals surface area (Å²) in [5.74, 6) is -0.188. The Morgan fingerprint density at radius 3 is 2.92 bits per heavy atom. The Bertz CT molecular complexity index is 589. The van der Waals surface area contributed by atoms with Crippen molar-refractivity contribution in [1.82, 2.24) is 15.2 Å². The van der Waals surface area contributed by atoms with E-state index in [1.807, 2.05) is 25.4 Å². The Balaban J connectivity index is 1.60. The van der Waals surface area contributed by atoms with E-state index in [4.69, 9.17) is 9.47 Å². The molecule has 1 amide bonds. The van der Waals surface area contributed by atoms with Crippen LogP contribution in [-0.2, 0) is 20.8 Å². The molecule has 2 fully saturated rings. The van der Waals surface area contributed by atoms with Crippen LogP contribution in [0.5, 0.6) is 0 Å². The van der Waals surface area contributed by atoms with Crippen LogP contribution in [0.25, 0.3) is 0 Å². The Morgan fingerprint density at radius 2 is 2.27 bits per heavy atom. The quantitative estimate of drug-likeness (QED) is 0.767. The van der Waals surface area contributed by atoms with E-state index in [0.717, 1.165) is 37.5 Å². The zero-order valence-corrected chi connectivity index (χ0v) is 16.4. The van der Waals surface area contributed by atoms with Gasteiger partial charge >= 0.3 is 0 Å². The van der Waals surface area contributed by atoms with Gasteiger partial charge in [0.1, 0.15) is 17.7 Å². The van der Waals surface area contributed by atoms with Crippen molar-refractivity contribution < 1.29 is 19.4 Å². The molecule has 2 atom stereocenters. The molecule has 1 aromatic rings. The van der Waals surface area contributed by atoms with Crippen LogP contribution in [0.2, 0.25) is 0 Å². The number of rotatable bonds is 6. The monoisotopic (exact) mass is 383 g/mol. The lowest BCUT2D eigenvalue weighted by Crippen LogP contribution is -2.69. The molecular formula is C18H29N3O4S. The van der Waals surface area contributed by atoms with Crippen LogP contribution >= 0.6 is 11.3 Å². The summed E-state index contributed by atoms with van der Waals surface area (Å²) in [6.45, 7) is 7.35. The first-order chi connectivity index (χ1) is 12.5. The first kappa shape index (κ1) is 19.7. The van der Waals surface area contributed by atoms with E-state index in [1.54, 1.807) is 11.3 Å². The van der Waals surface area contributed by atoms with E-state index in [-0.39, 0.29) is 12.5 Å². The number of aliphatic hydroxyl groups excluding tert-OH is 1. The minimum absolute atomic E-state index is 0.0221. The summed E-state index contributed by atoms with van der Waals surface area (Å²) in [6, 6.07) is 0. The van der Waals surface area contributed by atoms with Crippen LogP contribution in [-0.4, -0.2) is 71.1 Å². The first-order valence-corrected chi connectivity index (χ1v) is 10.2. The number of aromatic nitrogens is 1. The fourth-order valence-corrected chi connectivity index (χ4v) is 4.63. The molecule has 3 heterocycles. The molecule has 7 nitrogen and oxygen atoms in total. The van der Waals surface area contributed by atoms with Crippen LogP contribution in [0.4, 0.5) is 0 Å². The van der Waals surface area contributed by atoms with Crippen LogP contribution in [0.3, 0.4) is 0 Å². The van der Waals surface area contributed by atoms with Gasteiger partial charge in [-0.3, -0.25) is 9.69 Å². The first-order valence-electron chi connectivity index (χ1n) is 9.29. The van der Waals surface area contributed by atoms with Gasteiger partial charge in [0, 0.05) is 37.9 Å². The number of carbonyl (C=O) groups excluding carboxylic acids is 1. The van der Waals surface area contributed by atoms with Crippen molar-refractivity contribution in [3.63, 3.8) is 0 Å². The zero-order valence-electron chi connectivity index (χ0n) is 15.6. The summed E-state index contributed by atoms with van der Waals surface area (Å²) in [5, 5.41) is 17.2. The lowest BCUT2D eigenvalue weighted by atomic mass is 9.73. The maximum Gasteiger partial charge on any atom is 0.246 e. The maximum atomic E-state index is 12.1. The Kier molecular flexibility index (Phi) is 6.29. The minimum Gasteiger partial charge on any atom is -0.388 e. The lowest BCUT2D eigenvalue weighted by molar-refractivity contribution is -0.208. The Hall–Kier alpha value is -1.06. The van der Waals surface area contributed by atoms with E-state index < -0.39 is 17.2 Å². The zero-order chi connectivity index (χ0) is 18.6. The topological polar surface area (TPSA) is 83.9 Å². The average Bonchev–Trinajstić information content (AvgIpc) is 3.13. The molecule has 0 aliphatic carbocycles. The van der Waals surface area contributed by atoms with Gasteiger partial charge in [-0.05, 0) is 33.1 Å². The third kappa shape index (κ3) is 4.26. The molecule has 0 radical (unpaired) electrons. The van der Waals surface area contributed by atoms with Crippen LogP contribution < -0.4 is 5.32 Å². The smallest absolute Gasteiger partial charge is 0.246 e. The molecule has 0 saturated carbocycles. The van der Waals surface area contributed by atoms with Crippen LogP contribution in [0.1, 0.15) is 38.1 Å². The number of ether oxygens (including phenoxy) is 2. The predicted octanol–water partition coefficient (Wildman–Crippen LogP) is 1.17. The highest BCUT2D eigenvalue weighted by atomic mass is 32.1. The molecule has 0 bridgehead atoms. The van der Waals surface area contributed by atoms with Gasteiger partial charge in [0.25, 0.3) is 0 Å². The molecule has 1 aromatic heterocycles. The number of hydrogen-bond donors (Lipinski definition) is 2. The minimum atomic E-state index is -0.740. The second kappa shape index (κ2) is 8.31. The molecule has 2 aliphatic heterocycles. The van der Waals surface area contributed by atoms with Crippen molar-refractivity contribution in [1.29, 1.82) is 0 Å². The van der Waals surface area contributed by atoms with Gasteiger partial charge < -0.3 is 19.9 Å². The number of likely N-dealkylation sites (tertiary alicyclic amines) is 1. The predicted molar refractivity (Wildman–Crippen MR) is 99.0 cm³/mol. The van der Waals surface area contributed by atoms with E-state index in [9.17, 15) is 9.90 Å². The third-order valence-electron chi connectivity index (χ3n) is 5.52. The molecule has 2 N–H and O–H groups in total. The van der Waals surface area contributed by atoms with Gasteiger partial charge in [0.05, 0.1) is 17.7 Å². The van der Waals surface area contributed by atoms with E-state index in [0.29, 0.717) is 19.6 Å². The average molecular weight is 384 g/mol. The van der Waals surface area contributed by atoms with Crippen LogP contribution in [0, 0.1) is 0 Å². The van der Waals surface area contributed by atoms with Gasteiger partial charge in [0.15, 0.2) is 0 Å². The summed E-state index contributed by atoms with van der Waals surface area (Å²) >= 11 is 1.66. The number of nitrogens with zero attached hydrogens (tertiary/aromatic N) is 2. The van der Waals surface area contributed by atoms with E-state index in [1.165, 1.54) is 0 Å². The molecular weight excluding hydrogens is 354 g/mol. The number of piperidine rings is 1. The molecule has 8 heteroatoms. The highest BCUT2D eigenvalue weighted by molar-refractivity contribution is 7.09. The SMILES string of the molecule is CCOCC(=O)N[C@]1(C)CCOC2(CCN(Cc3nccs3)CC2)[C@H]1O. The van der Waals surface area contributed by atoms with Crippen LogP contribution in [0.15, 0.2) is 11.6 Å². The summed E-state index contributed by atoms with van der Waals surface area (Å²) < 4.78 is 11.3. The second-order valence-corrected chi connectivity index (χ2v) is 8.35. The molecule has 1 spiro atoms. The molecule has 2 saturated heterocycles. The third-order valence-corrected chi connectivity index (χ3v) is 6.28. The molecule has 3 rings (SSSR count). The van der Waals surface area contributed by atoms with Gasteiger partial charge in [-0.1, -0.05) is 0 Å². The molecule has 0 unspecified atom stereocenters. The molecule has 0 aromatic carbocycles. The largest absolute Gasteiger partial charge is 0.388 e. The van der Waals surface area contributed by atoms with Crippen molar-refractivity contribution in [2.45, 2.75) is 56.9 Å². The van der Waals surface area contributed by atoms with Gasteiger partial charge in [-0.2, -0.15) is 0 Å². The van der Waals surface area contributed by atoms with Crippen molar-refractivity contribution in [3.8, 4) is 0 Å². The van der Waals surface area contributed by atoms with Crippen molar-refractivity contribution in [2.24, 2.45) is 0 Å². The van der Waals surface area contributed by atoms with Gasteiger partial charge in [0.2, 0.25) is 5.91 Å². The van der Waals surface area contributed by atoms with Crippen molar-refractivity contribution in [2.75, 3.05) is 32.9 Å². The molecule has 26 heavy (non-hydrogen) atoms. The number of aliphatic hydroxyl groups is 1. The highest BCUT2D eigenvalue weighted by Crippen LogP contribution is 2.40. The number of hydrogen-bond acceptors (Lipinski definition) is 7.